The van der Waals surface area contributed by atoms with Gasteiger partial charge in [-0.3, -0.25) is 14.4 Å². The fourth-order valence-electron chi connectivity index (χ4n) is 4.99. The lowest BCUT2D eigenvalue weighted by Gasteiger charge is -2.33. The van der Waals surface area contributed by atoms with Gasteiger partial charge in [0.05, 0.1) is 6.54 Å². The van der Waals surface area contributed by atoms with E-state index in [0.717, 1.165) is 49.7 Å². The molecule has 2 aromatic rings. The van der Waals surface area contributed by atoms with Gasteiger partial charge in [0.25, 0.3) is 5.91 Å². The third kappa shape index (κ3) is 9.26. The lowest BCUT2D eigenvalue weighted by molar-refractivity contribution is -0.130. The number of hydrogen-bond donors (Lipinski definition) is 5. The van der Waals surface area contributed by atoms with Crippen LogP contribution in [0.15, 0.2) is 53.5 Å². The number of rotatable bonds is 12. The molecule has 2 aromatic carbocycles. The molecule has 1 saturated carbocycles. The predicted octanol–water partition coefficient (Wildman–Crippen LogP) is 3.75. The molecule has 1 aliphatic carbocycles. The van der Waals surface area contributed by atoms with E-state index in [1.54, 1.807) is 31.2 Å². The summed E-state index contributed by atoms with van der Waals surface area (Å²) >= 11 is 6.22. The molecular formula is C30H41ClN6O3. The highest BCUT2D eigenvalue weighted by Gasteiger charge is 2.30. The standard InChI is InChI=1S/C30H41ClN6O3/c1-3-4-11-26(37-28(39)21-15-13-20(14-16-21)18-34-30(32)33)29(40)35-19(2)27(38)36-25-12-6-5-10-24(25)22-8-7-9-23(31)17-22/h7-9,13-17,19,24-26H,3-6,10-12,18H2,1-2H3,(H,35,40)(H,36,38)(H,37,39)(H4,32,33,34)/t19-,24-,25+,26-/m0/s1. The summed E-state index contributed by atoms with van der Waals surface area (Å²) in [4.78, 5) is 43.2. The maximum atomic E-state index is 13.2. The first-order chi connectivity index (χ1) is 19.2. The molecule has 0 spiro atoms. The Kier molecular flexibility index (Phi) is 11.8. The van der Waals surface area contributed by atoms with Gasteiger partial charge in [-0.15, -0.1) is 0 Å². The Balaban J connectivity index is 1.60. The molecule has 0 bridgehead atoms. The molecule has 1 aliphatic rings. The van der Waals surface area contributed by atoms with Crippen LogP contribution >= 0.6 is 11.6 Å². The van der Waals surface area contributed by atoms with Crippen molar-refractivity contribution in [2.45, 2.75) is 89.4 Å². The number of nitrogens with zero attached hydrogens (tertiary/aromatic N) is 1. The number of halogens is 1. The molecular weight excluding hydrogens is 528 g/mol. The third-order valence-corrected chi connectivity index (χ3v) is 7.49. The molecule has 1 fully saturated rings. The fourth-order valence-corrected chi connectivity index (χ4v) is 5.19. The third-order valence-electron chi connectivity index (χ3n) is 7.25. The summed E-state index contributed by atoms with van der Waals surface area (Å²) in [5.41, 5.74) is 13.1. The molecule has 0 saturated heterocycles. The van der Waals surface area contributed by atoms with Crippen LogP contribution in [-0.2, 0) is 16.1 Å². The van der Waals surface area contributed by atoms with E-state index in [1.807, 2.05) is 31.2 Å². The van der Waals surface area contributed by atoms with Crippen molar-refractivity contribution in [1.82, 2.24) is 16.0 Å². The molecule has 0 aliphatic heterocycles. The second-order valence-electron chi connectivity index (χ2n) is 10.4. The number of benzene rings is 2. The number of carbonyl (C=O) groups is 3. The molecule has 0 unspecified atom stereocenters. The van der Waals surface area contributed by atoms with Crippen molar-refractivity contribution in [3.8, 4) is 0 Å². The number of amides is 3. The average Bonchev–Trinajstić information content (AvgIpc) is 2.94. The SMILES string of the molecule is CCCC[C@H](NC(=O)c1ccc(CN=C(N)N)cc1)C(=O)N[C@@H](C)C(=O)N[C@@H]1CCCC[C@H]1c1cccc(Cl)c1. The quantitative estimate of drug-likeness (QED) is 0.195. The van der Waals surface area contributed by atoms with Crippen molar-refractivity contribution >= 4 is 35.3 Å². The zero-order valence-corrected chi connectivity index (χ0v) is 24.0. The second kappa shape index (κ2) is 15.3. The lowest BCUT2D eigenvalue weighted by atomic mass is 9.80. The van der Waals surface area contributed by atoms with Gasteiger partial charge in [0.15, 0.2) is 5.96 Å². The number of nitrogens with one attached hydrogen (secondary N) is 3. The number of guanidine groups is 1. The van der Waals surface area contributed by atoms with Crippen molar-refractivity contribution in [3.63, 3.8) is 0 Å². The van der Waals surface area contributed by atoms with Crippen LogP contribution in [0.1, 0.15) is 86.2 Å². The summed E-state index contributed by atoms with van der Waals surface area (Å²) in [6.07, 6.45) is 6.03. The van der Waals surface area contributed by atoms with Crippen molar-refractivity contribution in [2.24, 2.45) is 16.5 Å². The van der Waals surface area contributed by atoms with E-state index in [-0.39, 0.29) is 35.6 Å². The highest BCUT2D eigenvalue weighted by atomic mass is 35.5. The summed E-state index contributed by atoms with van der Waals surface area (Å²) in [6.45, 7) is 3.99. The Hall–Kier alpha value is -3.59. The minimum Gasteiger partial charge on any atom is -0.370 e. The highest BCUT2D eigenvalue weighted by Crippen LogP contribution is 2.34. The molecule has 216 valence electrons. The summed E-state index contributed by atoms with van der Waals surface area (Å²) in [7, 11) is 0. The Morgan fingerprint density at radius 3 is 2.42 bits per heavy atom. The molecule has 0 heterocycles. The van der Waals surface area contributed by atoms with Crippen LogP contribution in [0.5, 0.6) is 0 Å². The predicted molar refractivity (Wildman–Crippen MR) is 159 cm³/mol. The normalized spacial score (nSPS) is 18.2. The number of carbonyl (C=O) groups excluding carboxylic acids is 3. The summed E-state index contributed by atoms with van der Waals surface area (Å²) < 4.78 is 0. The summed E-state index contributed by atoms with van der Waals surface area (Å²) in [5.74, 6) is -0.836. The van der Waals surface area contributed by atoms with E-state index in [2.05, 4.69) is 20.9 Å². The Labute approximate surface area is 241 Å². The number of nitrogens with two attached hydrogens (primary N) is 2. The topological polar surface area (TPSA) is 152 Å². The molecule has 4 atom stereocenters. The van der Waals surface area contributed by atoms with Gasteiger partial charge < -0.3 is 27.4 Å². The average molecular weight is 569 g/mol. The van der Waals surface area contributed by atoms with Crippen LogP contribution in [0.2, 0.25) is 5.02 Å². The molecule has 10 heteroatoms. The van der Waals surface area contributed by atoms with Gasteiger partial charge in [0.2, 0.25) is 11.8 Å². The van der Waals surface area contributed by atoms with E-state index < -0.39 is 12.1 Å². The van der Waals surface area contributed by atoms with Crippen LogP contribution < -0.4 is 27.4 Å². The first-order valence-electron chi connectivity index (χ1n) is 14.0. The maximum absolute atomic E-state index is 13.2. The first-order valence-corrected chi connectivity index (χ1v) is 14.4. The molecule has 0 aromatic heterocycles. The molecule has 3 amide bonds. The van der Waals surface area contributed by atoms with Crippen LogP contribution in [0.4, 0.5) is 0 Å². The smallest absolute Gasteiger partial charge is 0.251 e. The largest absolute Gasteiger partial charge is 0.370 e. The maximum Gasteiger partial charge on any atom is 0.251 e. The fraction of sp³-hybridized carbons (Fsp3) is 0.467. The van der Waals surface area contributed by atoms with E-state index in [4.69, 9.17) is 23.1 Å². The van der Waals surface area contributed by atoms with Gasteiger partial charge in [0, 0.05) is 22.5 Å². The first kappa shape index (κ1) is 30.9. The minimum absolute atomic E-state index is 0.00539. The Morgan fingerprint density at radius 2 is 1.75 bits per heavy atom. The van der Waals surface area contributed by atoms with E-state index in [1.165, 1.54) is 0 Å². The molecule has 0 radical (unpaired) electrons. The zero-order valence-electron chi connectivity index (χ0n) is 23.3. The van der Waals surface area contributed by atoms with Crippen LogP contribution in [0.25, 0.3) is 0 Å². The van der Waals surface area contributed by atoms with E-state index in [9.17, 15) is 14.4 Å². The van der Waals surface area contributed by atoms with Crippen LogP contribution in [-0.4, -0.2) is 41.8 Å². The lowest BCUT2D eigenvalue weighted by Crippen LogP contribution is -2.54. The van der Waals surface area contributed by atoms with Gasteiger partial charge in [-0.1, -0.05) is 68.5 Å². The monoisotopic (exact) mass is 568 g/mol. The number of aliphatic imine (C=N–C) groups is 1. The zero-order chi connectivity index (χ0) is 29.1. The van der Waals surface area contributed by atoms with Crippen molar-refractivity contribution in [1.29, 1.82) is 0 Å². The van der Waals surface area contributed by atoms with Gasteiger partial charge in [-0.25, -0.2) is 4.99 Å². The highest BCUT2D eigenvalue weighted by molar-refractivity contribution is 6.30. The molecule has 40 heavy (non-hydrogen) atoms. The minimum atomic E-state index is -0.766. The summed E-state index contributed by atoms with van der Waals surface area (Å²) in [5, 5.41) is 9.48. The van der Waals surface area contributed by atoms with Gasteiger partial charge >= 0.3 is 0 Å². The Morgan fingerprint density at radius 1 is 1.02 bits per heavy atom. The van der Waals surface area contributed by atoms with Gasteiger partial charge in [-0.2, -0.15) is 0 Å². The van der Waals surface area contributed by atoms with Crippen LogP contribution in [0.3, 0.4) is 0 Å². The van der Waals surface area contributed by atoms with Crippen molar-refractivity contribution < 1.29 is 14.4 Å². The molecule has 9 nitrogen and oxygen atoms in total. The van der Waals surface area contributed by atoms with E-state index in [0.29, 0.717) is 23.6 Å². The molecule has 3 rings (SSSR count). The Bertz CT molecular complexity index is 1180. The number of unbranched alkanes of at least 4 members (excludes halogenated alkanes) is 1. The van der Waals surface area contributed by atoms with Gasteiger partial charge in [-0.05, 0) is 61.6 Å². The second-order valence-corrected chi connectivity index (χ2v) is 10.8. The number of hydrogen-bond acceptors (Lipinski definition) is 4. The van der Waals surface area contributed by atoms with Crippen molar-refractivity contribution in [3.05, 3.63) is 70.2 Å². The van der Waals surface area contributed by atoms with Crippen molar-refractivity contribution in [2.75, 3.05) is 0 Å². The molecule has 7 N–H and O–H groups in total. The van der Waals surface area contributed by atoms with E-state index >= 15 is 0 Å². The summed E-state index contributed by atoms with van der Waals surface area (Å²) in [6, 6.07) is 13.1. The van der Waals surface area contributed by atoms with Gasteiger partial charge in [0.1, 0.15) is 12.1 Å². The van der Waals surface area contributed by atoms with Crippen LogP contribution in [0, 0.1) is 0 Å².